The molecule has 0 saturated carbocycles. The van der Waals surface area contributed by atoms with Crippen molar-refractivity contribution in [3.63, 3.8) is 0 Å². The first-order valence-corrected chi connectivity index (χ1v) is 7.42. The van der Waals surface area contributed by atoms with Crippen molar-refractivity contribution < 1.29 is 4.79 Å². The maximum atomic E-state index is 12.6. The van der Waals surface area contributed by atoms with Crippen LogP contribution in [0.4, 0.5) is 5.82 Å². The van der Waals surface area contributed by atoms with E-state index in [1.54, 1.807) is 17.0 Å². The maximum absolute atomic E-state index is 12.6. The summed E-state index contributed by atoms with van der Waals surface area (Å²) in [5.41, 5.74) is 6.10. The van der Waals surface area contributed by atoms with Crippen LogP contribution in [0, 0.1) is 0 Å². The van der Waals surface area contributed by atoms with Crippen LogP contribution in [0.3, 0.4) is 0 Å². The number of fused-ring (bicyclic) bond motifs is 1. The predicted octanol–water partition coefficient (Wildman–Crippen LogP) is 1.60. The van der Waals surface area contributed by atoms with Gasteiger partial charge in [-0.1, -0.05) is 13.8 Å². The van der Waals surface area contributed by atoms with Crippen molar-refractivity contribution in [2.24, 2.45) is 0 Å². The Bertz CT molecular complexity index is 691. The van der Waals surface area contributed by atoms with Gasteiger partial charge in [-0.3, -0.25) is 4.79 Å². The van der Waals surface area contributed by atoms with E-state index in [1.807, 2.05) is 0 Å². The number of hydrogen-bond acceptors (Lipinski definition) is 5. The molecule has 7 nitrogen and oxygen atoms in total. The number of carbonyl (C=O) groups is 1. The summed E-state index contributed by atoms with van der Waals surface area (Å²) in [4.78, 5) is 18.4. The third kappa shape index (κ3) is 2.43. The van der Waals surface area contributed by atoms with Crippen molar-refractivity contribution in [1.82, 2.24) is 24.6 Å². The van der Waals surface area contributed by atoms with Crippen LogP contribution in [0.25, 0.3) is 0 Å². The molecule has 0 spiro atoms. The summed E-state index contributed by atoms with van der Waals surface area (Å²) in [5.74, 6) is 2.47. The largest absolute Gasteiger partial charge is 0.384 e. The Morgan fingerprint density at radius 1 is 1.36 bits per heavy atom. The second kappa shape index (κ2) is 5.40. The van der Waals surface area contributed by atoms with Crippen LogP contribution in [0.2, 0.25) is 0 Å². The summed E-state index contributed by atoms with van der Waals surface area (Å²) in [6.07, 6.45) is 1.52. The molecule has 0 radical (unpaired) electrons. The lowest BCUT2D eigenvalue weighted by Crippen LogP contribution is -2.40. The number of nitrogens with two attached hydrogens (primary N) is 1. The lowest BCUT2D eigenvalue weighted by Gasteiger charge is -2.33. The molecule has 0 aromatic carbocycles. The minimum atomic E-state index is -0.0558. The third-order valence-corrected chi connectivity index (χ3v) is 3.89. The van der Waals surface area contributed by atoms with E-state index in [4.69, 9.17) is 5.73 Å². The molecule has 0 unspecified atom stereocenters. The van der Waals surface area contributed by atoms with E-state index < -0.39 is 0 Å². The molecule has 0 aliphatic carbocycles. The molecular formula is C15H20N6O. The fourth-order valence-electron chi connectivity index (χ4n) is 2.82. The SMILES string of the molecule is CC(C)c1nnc2n1[C@@H](C)CN(C(=O)c1ccc(N)nc1)C2. The van der Waals surface area contributed by atoms with Gasteiger partial charge in [-0.05, 0) is 19.1 Å². The highest BCUT2D eigenvalue weighted by atomic mass is 16.2. The van der Waals surface area contributed by atoms with Gasteiger partial charge < -0.3 is 15.2 Å². The molecule has 1 aliphatic heterocycles. The highest BCUT2D eigenvalue weighted by Gasteiger charge is 2.30. The second-order valence-electron chi connectivity index (χ2n) is 6.01. The van der Waals surface area contributed by atoms with Crippen LogP contribution < -0.4 is 5.73 Å². The number of rotatable bonds is 2. The molecule has 0 bridgehead atoms. The molecule has 2 aromatic rings. The maximum Gasteiger partial charge on any atom is 0.255 e. The number of amides is 1. The normalized spacial score (nSPS) is 17.6. The van der Waals surface area contributed by atoms with Crippen LogP contribution in [0.5, 0.6) is 0 Å². The highest BCUT2D eigenvalue weighted by Crippen LogP contribution is 2.26. The topological polar surface area (TPSA) is 89.9 Å². The summed E-state index contributed by atoms with van der Waals surface area (Å²) < 4.78 is 2.15. The van der Waals surface area contributed by atoms with E-state index in [1.165, 1.54) is 6.20 Å². The van der Waals surface area contributed by atoms with Crippen molar-refractivity contribution in [3.05, 3.63) is 35.5 Å². The van der Waals surface area contributed by atoms with Crippen LogP contribution in [-0.2, 0) is 6.54 Å². The van der Waals surface area contributed by atoms with Crippen molar-refractivity contribution in [2.45, 2.75) is 39.3 Å². The van der Waals surface area contributed by atoms with Gasteiger partial charge >= 0.3 is 0 Å². The number of nitrogens with zero attached hydrogens (tertiary/aromatic N) is 5. The number of carbonyl (C=O) groups excluding carboxylic acids is 1. The summed E-state index contributed by atoms with van der Waals surface area (Å²) in [6, 6.07) is 3.50. The van der Waals surface area contributed by atoms with Gasteiger partial charge in [0.15, 0.2) is 5.82 Å². The molecule has 1 atom stereocenters. The highest BCUT2D eigenvalue weighted by molar-refractivity contribution is 5.94. The minimum Gasteiger partial charge on any atom is -0.384 e. The Labute approximate surface area is 129 Å². The van der Waals surface area contributed by atoms with Crippen LogP contribution >= 0.6 is 0 Å². The standard InChI is InChI=1S/C15H20N6O/c1-9(2)14-19-18-13-8-20(7-10(3)21(13)14)15(22)11-4-5-12(16)17-6-11/h4-6,9-10H,7-8H2,1-3H3,(H2,16,17)/t10-/m0/s1. The fourth-order valence-corrected chi connectivity index (χ4v) is 2.82. The molecule has 22 heavy (non-hydrogen) atoms. The smallest absolute Gasteiger partial charge is 0.255 e. The van der Waals surface area contributed by atoms with E-state index >= 15 is 0 Å². The first kappa shape index (κ1) is 14.5. The molecule has 116 valence electrons. The summed E-state index contributed by atoms with van der Waals surface area (Å²) in [6.45, 7) is 7.38. The quantitative estimate of drug-likeness (QED) is 0.909. The van der Waals surface area contributed by atoms with Crippen LogP contribution in [0.1, 0.15) is 54.7 Å². The fraction of sp³-hybridized carbons (Fsp3) is 0.467. The zero-order valence-electron chi connectivity index (χ0n) is 13.0. The van der Waals surface area contributed by atoms with Gasteiger partial charge in [0.1, 0.15) is 11.6 Å². The van der Waals surface area contributed by atoms with Gasteiger partial charge in [0.05, 0.1) is 18.2 Å². The van der Waals surface area contributed by atoms with E-state index in [0.29, 0.717) is 30.4 Å². The van der Waals surface area contributed by atoms with Crippen molar-refractivity contribution in [1.29, 1.82) is 0 Å². The molecule has 3 heterocycles. The first-order chi connectivity index (χ1) is 10.5. The van der Waals surface area contributed by atoms with Gasteiger partial charge in [0.25, 0.3) is 5.91 Å². The Hall–Kier alpha value is -2.44. The number of pyridine rings is 1. The average Bonchev–Trinajstić information content (AvgIpc) is 2.92. The monoisotopic (exact) mass is 300 g/mol. The van der Waals surface area contributed by atoms with Gasteiger partial charge in [-0.25, -0.2) is 4.98 Å². The molecule has 2 N–H and O–H groups in total. The summed E-state index contributed by atoms with van der Waals surface area (Å²) in [5, 5.41) is 8.52. The van der Waals surface area contributed by atoms with Gasteiger partial charge in [-0.15, -0.1) is 10.2 Å². The lowest BCUT2D eigenvalue weighted by molar-refractivity contribution is 0.0679. The Morgan fingerprint density at radius 3 is 2.77 bits per heavy atom. The zero-order valence-corrected chi connectivity index (χ0v) is 13.0. The molecule has 0 fully saturated rings. The van der Waals surface area contributed by atoms with Crippen LogP contribution in [-0.4, -0.2) is 37.1 Å². The Kier molecular flexibility index (Phi) is 3.56. The summed E-state index contributed by atoms with van der Waals surface area (Å²) in [7, 11) is 0. The van der Waals surface area contributed by atoms with Crippen molar-refractivity contribution in [3.8, 4) is 0 Å². The van der Waals surface area contributed by atoms with Gasteiger partial charge in [0.2, 0.25) is 0 Å². The zero-order chi connectivity index (χ0) is 15.9. The second-order valence-corrected chi connectivity index (χ2v) is 6.01. The number of hydrogen-bond donors (Lipinski definition) is 1. The molecular weight excluding hydrogens is 280 g/mol. The van der Waals surface area contributed by atoms with E-state index in [2.05, 4.69) is 40.5 Å². The van der Waals surface area contributed by atoms with Crippen molar-refractivity contribution in [2.75, 3.05) is 12.3 Å². The number of nitrogen functional groups attached to an aromatic ring is 1. The van der Waals surface area contributed by atoms with Gasteiger partial charge in [-0.2, -0.15) is 0 Å². The van der Waals surface area contributed by atoms with Crippen LogP contribution in [0.15, 0.2) is 18.3 Å². The number of aromatic nitrogens is 4. The molecule has 2 aromatic heterocycles. The molecule has 0 saturated heterocycles. The van der Waals surface area contributed by atoms with E-state index in [-0.39, 0.29) is 11.9 Å². The lowest BCUT2D eigenvalue weighted by atomic mass is 10.1. The first-order valence-electron chi connectivity index (χ1n) is 7.42. The predicted molar refractivity (Wildman–Crippen MR) is 82.2 cm³/mol. The Morgan fingerprint density at radius 2 is 2.14 bits per heavy atom. The van der Waals surface area contributed by atoms with E-state index in [0.717, 1.165) is 11.6 Å². The molecule has 3 rings (SSSR count). The number of anilines is 1. The third-order valence-electron chi connectivity index (χ3n) is 3.89. The molecule has 7 heteroatoms. The summed E-state index contributed by atoms with van der Waals surface area (Å²) >= 11 is 0. The minimum absolute atomic E-state index is 0.0558. The van der Waals surface area contributed by atoms with Gasteiger partial charge in [0, 0.05) is 18.7 Å². The molecule has 1 aliphatic rings. The average molecular weight is 300 g/mol. The molecule has 1 amide bonds. The Balaban J connectivity index is 1.86. The van der Waals surface area contributed by atoms with Crippen molar-refractivity contribution >= 4 is 11.7 Å². The van der Waals surface area contributed by atoms with E-state index in [9.17, 15) is 4.79 Å².